The molecule has 140 valence electrons. The van der Waals surface area contributed by atoms with Gasteiger partial charge in [-0.05, 0) is 37.1 Å². The van der Waals surface area contributed by atoms with Crippen LogP contribution in [0.2, 0.25) is 10.0 Å². The molecule has 0 unspecified atom stereocenters. The summed E-state index contributed by atoms with van der Waals surface area (Å²) in [4.78, 5) is 24.9. The fraction of sp³-hybridized carbons (Fsp3) is 0.238. The van der Waals surface area contributed by atoms with Crippen LogP contribution in [0.15, 0.2) is 53.7 Å². The molecule has 0 aromatic heterocycles. The van der Waals surface area contributed by atoms with Gasteiger partial charge in [-0.1, -0.05) is 59.1 Å². The van der Waals surface area contributed by atoms with E-state index in [0.29, 0.717) is 26.9 Å². The molecule has 27 heavy (non-hydrogen) atoms. The Bertz CT molecular complexity index is 920. The molecule has 6 heteroatoms. The summed E-state index contributed by atoms with van der Waals surface area (Å²) >= 11 is 12.3. The number of allylic oxidation sites excluding steroid dienone is 1. The van der Waals surface area contributed by atoms with Crippen molar-refractivity contribution in [3.63, 3.8) is 0 Å². The molecular weight excluding hydrogens is 385 g/mol. The summed E-state index contributed by atoms with van der Waals surface area (Å²) in [5.74, 6) is -1.11. The molecule has 3 rings (SSSR count). The summed E-state index contributed by atoms with van der Waals surface area (Å²) in [6, 6.07) is 12.8. The van der Waals surface area contributed by atoms with E-state index in [-0.39, 0.29) is 18.9 Å². The summed E-state index contributed by atoms with van der Waals surface area (Å²) in [6.07, 6.45) is 0.119. The lowest BCUT2D eigenvalue weighted by atomic mass is 9.84. The van der Waals surface area contributed by atoms with Crippen molar-refractivity contribution in [1.29, 1.82) is 0 Å². The minimum absolute atomic E-state index is 0.119. The van der Waals surface area contributed by atoms with Crippen molar-refractivity contribution in [3.05, 3.63) is 80.5 Å². The van der Waals surface area contributed by atoms with E-state index in [0.717, 1.165) is 11.1 Å². The quantitative estimate of drug-likeness (QED) is 0.736. The third-order valence-corrected chi connectivity index (χ3v) is 5.08. The molecule has 0 radical (unpaired) electrons. The minimum atomic E-state index is -0.478. The van der Waals surface area contributed by atoms with E-state index < -0.39 is 11.9 Å². The van der Waals surface area contributed by atoms with Gasteiger partial charge in [-0.15, -0.1) is 0 Å². The normalized spacial score (nSPS) is 16.9. The number of hydrogen-bond acceptors (Lipinski definition) is 3. The fourth-order valence-corrected chi connectivity index (χ4v) is 3.67. The lowest BCUT2D eigenvalue weighted by Gasteiger charge is -2.27. The first kappa shape index (κ1) is 19.5. The Balaban J connectivity index is 1.86. The van der Waals surface area contributed by atoms with Crippen LogP contribution in [0.4, 0.5) is 0 Å². The van der Waals surface area contributed by atoms with Crippen LogP contribution in [0.3, 0.4) is 0 Å². The van der Waals surface area contributed by atoms with Crippen molar-refractivity contribution >= 4 is 35.1 Å². The minimum Gasteiger partial charge on any atom is -0.457 e. The zero-order chi connectivity index (χ0) is 19.6. The maximum absolute atomic E-state index is 12.8. The number of nitrogens with one attached hydrogen (secondary N) is 1. The van der Waals surface area contributed by atoms with Gasteiger partial charge >= 0.3 is 5.97 Å². The lowest BCUT2D eigenvalue weighted by Crippen LogP contribution is -2.34. The third kappa shape index (κ3) is 4.52. The molecule has 0 saturated heterocycles. The van der Waals surface area contributed by atoms with Gasteiger partial charge in [-0.25, -0.2) is 4.79 Å². The Kier molecular flexibility index (Phi) is 5.88. The first-order chi connectivity index (χ1) is 12.8. The Labute approximate surface area is 168 Å². The van der Waals surface area contributed by atoms with Crippen LogP contribution in [0.1, 0.15) is 36.0 Å². The first-order valence-electron chi connectivity index (χ1n) is 8.53. The maximum atomic E-state index is 12.8. The lowest BCUT2D eigenvalue weighted by molar-refractivity contribution is -0.141. The zero-order valence-corrected chi connectivity index (χ0v) is 16.5. The highest BCUT2D eigenvalue weighted by molar-refractivity contribution is 6.35. The molecule has 0 fully saturated rings. The van der Waals surface area contributed by atoms with Gasteiger partial charge in [0.25, 0.3) is 0 Å². The molecule has 1 heterocycles. The molecule has 0 saturated carbocycles. The number of hydrogen-bond donors (Lipinski definition) is 1. The fourth-order valence-electron chi connectivity index (χ4n) is 3.13. The van der Waals surface area contributed by atoms with Crippen LogP contribution >= 0.6 is 23.2 Å². The average Bonchev–Trinajstić information content (AvgIpc) is 2.60. The molecule has 2 aromatic carbocycles. The Morgan fingerprint density at radius 1 is 1.15 bits per heavy atom. The summed E-state index contributed by atoms with van der Waals surface area (Å²) in [5.41, 5.74) is 3.60. The molecule has 0 spiro atoms. The van der Waals surface area contributed by atoms with Crippen LogP contribution in [0.5, 0.6) is 0 Å². The number of carbonyl (C=O) groups is 2. The van der Waals surface area contributed by atoms with Gasteiger partial charge in [-0.2, -0.15) is 0 Å². The molecule has 4 nitrogen and oxygen atoms in total. The number of halogens is 2. The van der Waals surface area contributed by atoms with Crippen LogP contribution in [0, 0.1) is 6.92 Å². The molecule has 1 atom stereocenters. The van der Waals surface area contributed by atoms with Crippen LogP contribution < -0.4 is 5.32 Å². The van der Waals surface area contributed by atoms with Gasteiger partial charge < -0.3 is 10.1 Å². The molecule has 2 aromatic rings. The smallest absolute Gasteiger partial charge is 0.336 e. The largest absolute Gasteiger partial charge is 0.457 e. The third-order valence-electron chi connectivity index (χ3n) is 4.52. The second-order valence-electron chi connectivity index (χ2n) is 6.57. The van der Waals surface area contributed by atoms with Gasteiger partial charge in [0.15, 0.2) is 0 Å². The topological polar surface area (TPSA) is 55.4 Å². The van der Waals surface area contributed by atoms with Crippen LogP contribution in [0.25, 0.3) is 0 Å². The van der Waals surface area contributed by atoms with Crippen LogP contribution in [-0.2, 0) is 20.9 Å². The van der Waals surface area contributed by atoms with Crippen molar-refractivity contribution < 1.29 is 14.3 Å². The summed E-state index contributed by atoms with van der Waals surface area (Å²) in [7, 11) is 0. The summed E-state index contributed by atoms with van der Waals surface area (Å²) < 4.78 is 5.51. The van der Waals surface area contributed by atoms with E-state index in [4.69, 9.17) is 27.9 Å². The average molecular weight is 404 g/mol. The second kappa shape index (κ2) is 8.15. The highest BCUT2D eigenvalue weighted by Crippen LogP contribution is 2.38. The number of benzene rings is 2. The summed E-state index contributed by atoms with van der Waals surface area (Å²) in [5, 5.41) is 3.63. The van der Waals surface area contributed by atoms with Gasteiger partial charge in [0.1, 0.15) is 6.61 Å². The highest BCUT2D eigenvalue weighted by atomic mass is 35.5. The SMILES string of the molecule is CC1=C(C(=O)OCc2ccc(C)cc2)[C@@H](c2ccc(Cl)cc2Cl)CC(=O)N1. The van der Waals surface area contributed by atoms with Crippen molar-refractivity contribution in [3.8, 4) is 0 Å². The van der Waals surface area contributed by atoms with Gasteiger partial charge in [0.2, 0.25) is 5.91 Å². The maximum Gasteiger partial charge on any atom is 0.336 e. The Hall–Kier alpha value is -2.30. The number of ether oxygens (including phenoxy) is 1. The van der Waals surface area contributed by atoms with Gasteiger partial charge in [-0.3, -0.25) is 4.79 Å². The molecule has 0 bridgehead atoms. The molecule has 0 aliphatic carbocycles. The monoisotopic (exact) mass is 403 g/mol. The number of carbonyl (C=O) groups excluding carboxylic acids is 2. The zero-order valence-electron chi connectivity index (χ0n) is 15.0. The van der Waals surface area contributed by atoms with Crippen molar-refractivity contribution in [1.82, 2.24) is 5.32 Å². The highest BCUT2D eigenvalue weighted by Gasteiger charge is 2.33. The van der Waals surface area contributed by atoms with E-state index in [1.54, 1.807) is 25.1 Å². The Morgan fingerprint density at radius 2 is 1.85 bits per heavy atom. The molecule has 1 aliphatic rings. The van der Waals surface area contributed by atoms with E-state index >= 15 is 0 Å². The van der Waals surface area contributed by atoms with E-state index in [2.05, 4.69) is 5.32 Å². The molecule has 1 aliphatic heterocycles. The molecular formula is C21H19Cl2NO3. The van der Waals surface area contributed by atoms with E-state index in [9.17, 15) is 9.59 Å². The van der Waals surface area contributed by atoms with Gasteiger partial charge in [0.05, 0.1) is 5.57 Å². The predicted octanol–water partition coefficient (Wildman–Crippen LogP) is 4.92. The van der Waals surface area contributed by atoms with Crippen molar-refractivity contribution in [2.24, 2.45) is 0 Å². The van der Waals surface area contributed by atoms with Crippen molar-refractivity contribution in [2.75, 3.05) is 0 Å². The molecule has 1 N–H and O–H groups in total. The number of aryl methyl sites for hydroxylation is 1. The standard InChI is InChI=1S/C21H19Cl2NO3/c1-12-3-5-14(6-4-12)11-27-21(26)20-13(2)24-19(25)10-17(20)16-8-7-15(22)9-18(16)23/h3-9,17H,10-11H2,1-2H3,(H,24,25)/t17-/m1/s1. The predicted molar refractivity (Wildman–Crippen MR) is 106 cm³/mol. The van der Waals surface area contributed by atoms with E-state index in [1.165, 1.54) is 0 Å². The number of amides is 1. The molecule has 1 amide bonds. The second-order valence-corrected chi connectivity index (χ2v) is 7.41. The van der Waals surface area contributed by atoms with Crippen molar-refractivity contribution in [2.45, 2.75) is 32.8 Å². The van der Waals surface area contributed by atoms with Gasteiger partial charge in [0, 0.05) is 28.1 Å². The van der Waals surface area contributed by atoms with E-state index in [1.807, 2.05) is 31.2 Å². The number of esters is 1. The number of rotatable bonds is 4. The van der Waals surface area contributed by atoms with Crippen LogP contribution in [-0.4, -0.2) is 11.9 Å². The Morgan fingerprint density at radius 3 is 2.52 bits per heavy atom. The summed E-state index contributed by atoms with van der Waals surface area (Å²) in [6.45, 7) is 3.84. The first-order valence-corrected chi connectivity index (χ1v) is 9.29.